The predicted octanol–water partition coefficient (Wildman–Crippen LogP) is 4.49. The van der Waals surface area contributed by atoms with Crippen LogP contribution in [-0.2, 0) is 12.8 Å². The normalized spacial score (nSPS) is 11.1. The van der Waals surface area contributed by atoms with Gasteiger partial charge in [0.05, 0.1) is 0 Å². The number of aryl methyl sites for hydroxylation is 2. The van der Waals surface area contributed by atoms with Gasteiger partial charge in [0.2, 0.25) is 0 Å². The Bertz CT molecular complexity index is 415. The summed E-state index contributed by atoms with van der Waals surface area (Å²) in [6.45, 7) is 8.66. The molecule has 1 aromatic rings. The van der Waals surface area contributed by atoms with E-state index in [9.17, 15) is 9.59 Å². The fraction of sp³-hybridized carbons (Fsp3) is 0.556. The largest absolute Gasteiger partial charge is 0.298 e. The molecule has 20 heavy (non-hydrogen) atoms. The molecule has 0 amide bonds. The maximum atomic E-state index is 11.3. The van der Waals surface area contributed by atoms with Crippen LogP contribution in [0.5, 0.6) is 0 Å². The van der Waals surface area contributed by atoms with E-state index in [0.717, 1.165) is 60.5 Å². The first-order valence-electron chi connectivity index (χ1n) is 7.54. The van der Waals surface area contributed by atoms with E-state index in [-0.39, 0.29) is 0 Å². The molecule has 0 fully saturated rings. The summed E-state index contributed by atoms with van der Waals surface area (Å²) in [6.07, 6.45) is 5.62. The third kappa shape index (κ3) is 4.92. The van der Waals surface area contributed by atoms with Gasteiger partial charge in [0, 0.05) is 11.1 Å². The fourth-order valence-corrected chi connectivity index (χ4v) is 2.27. The van der Waals surface area contributed by atoms with Crippen LogP contribution in [-0.4, -0.2) is 12.6 Å². The van der Waals surface area contributed by atoms with Crippen LogP contribution in [0, 0.1) is 11.8 Å². The summed E-state index contributed by atoms with van der Waals surface area (Å²) >= 11 is 0. The van der Waals surface area contributed by atoms with Gasteiger partial charge in [-0.25, -0.2) is 0 Å². The third-order valence-electron chi connectivity index (χ3n) is 3.64. The molecule has 1 aromatic carbocycles. The fourth-order valence-electron chi connectivity index (χ4n) is 2.27. The van der Waals surface area contributed by atoms with Crippen LogP contribution in [0.3, 0.4) is 0 Å². The van der Waals surface area contributed by atoms with Crippen LogP contribution >= 0.6 is 0 Å². The summed E-state index contributed by atoms with van der Waals surface area (Å²) in [7, 11) is 0. The molecule has 0 spiro atoms. The quantitative estimate of drug-likeness (QED) is 0.655. The second kappa shape index (κ2) is 7.98. The van der Waals surface area contributed by atoms with Crippen LogP contribution < -0.4 is 0 Å². The van der Waals surface area contributed by atoms with Gasteiger partial charge in [-0.05, 0) is 60.8 Å². The average Bonchev–Trinajstić information content (AvgIpc) is 2.42. The molecule has 0 bridgehead atoms. The predicted molar refractivity (Wildman–Crippen MR) is 83.5 cm³/mol. The van der Waals surface area contributed by atoms with Gasteiger partial charge >= 0.3 is 0 Å². The zero-order valence-electron chi connectivity index (χ0n) is 13.1. The second-order valence-corrected chi connectivity index (χ2v) is 6.35. The Morgan fingerprint density at radius 3 is 1.40 bits per heavy atom. The first-order chi connectivity index (χ1) is 9.47. The van der Waals surface area contributed by atoms with E-state index in [1.165, 1.54) is 0 Å². The van der Waals surface area contributed by atoms with Gasteiger partial charge in [-0.2, -0.15) is 0 Å². The highest BCUT2D eigenvalue weighted by Crippen LogP contribution is 2.20. The summed E-state index contributed by atoms with van der Waals surface area (Å²) in [5.74, 6) is 1.18. The average molecular weight is 274 g/mol. The van der Waals surface area contributed by atoms with Crippen molar-refractivity contribution < 1.29 is 9.59 Å². The maximum Gasteiger partial charge on any atom is 0.150 e. The molecule has 0 aliphatic carbocycles. The number of carbonyl (C=O) groups excluding carboxylic acids is 2. The lowest BCUT2D eigenvalue weighted by molar-refractivity contribution is 0.111. The molecule has 2 heteroatoms. The summed E-state index contributed by atoms with van der Waals surface area (Å²) in [4.78, 5) is 22.5. The van der Waals surface area contributed by atoms with E-state index >= 15 is 0 Å². The van der Waals surface area contributed by atoms with Crippen molar-refractivity contribution >= 4 is 12.6 Å². The molecule has 0 saturated heterocycles. The molecule has 0 saturated carbocycles. The summed E-state index contributed by atoms with van der Waals surface area (Å²) in [5.41, 5.74) is 3.50. The molecule has 110 valence electrons. The molecule has 0 radical (unpaired) electrons. The molecule has 1 rings (SSSR count). The highest BCUT2D eigenvalue weighted by atomic mass is 16.1. The Hall–Kier alpha value is -1.44. The van der Waals surface area contributed by atoms with E-state index in [0.29, 0.717) is 11.8 Å². The lowest BCUT2D eigenvalue weighted by Gasteiger charge is -2.13. The summed E-state index contributed by atoms with van der Waals surface area (Å²) < 4.78 is 0. The van der Waals surface area contributed by atoms with Crippen molar-refractivity contribution in [1.82, 2.24) is 0 Å². The standard InChI is InChI=1S/C18H26O2/c1-13(2)5-7-15-9-18(12-20)16(8-6-14(3)4)10-17(15)11-19/h9-14H,5-8H2,1-4H3. The van der Waals surface area contributed by atoms with Gasteiger partial charge in [0.25, 0.3) is 0 Å². The van der Waals surface area contributed by atoms with Crippen LogP contribution in [0.15, 0.2) is 12.1 Å². The van der Waals surface area contributed by atoms with E-state index < -0.39 is 0 Å². The first-order valence-corrected chi connectivity index (χ1v) is 7.54. The van der Waals surface area contributed by atoms with E-state index in [4.69, 9.17) is 0 Å². The zero-order chi connectivity index (χ0) is 15.1. The Kier molecular flexibility index (Phi) is 6.63. The molecule has 2 nitrogen and oxygen atoms in total. The molecule has 0 aliphatic rings. The van der Waals surface area contributed by atoms with Crippen molar-refractivity contribution in [2.24, 2.45) is 11.8 Å². The van der Waals surface area contributed by atoms with Crippen molar-refractivity contribution in [3.05, 3.63) is 34.4 Å². The van der Waals surface area contributed by atoms with E-state index in [1.807, 2.05) is 12.1 Å². The van der Waals surface area contributed by atoms with Crippen molar-refractivity contribution in [2.45, 2.75) is 53.4 Å². The smallest absolute Gasteiger partial charge is 0.150 e. The van der Waals surface area contributed by atoms with Crippen LogP contribution in [0.4, 0.5) is 0 Å². The minimum absolute atomic E-state index is 0.592. The molecule has 0 N–H and O–H groups in total. The number of benzene rings is 1. The molecular weight excluding hydrogens is 248 g/mol. The number of hydrogen-bond acceptors (Lipinski definition) is 2. The van der Waals surface area contributed by atoms with Crippen LogP contribution in [0.1, 0.15) is 72.4 Å². The lowest BCUT2D eigenvalue weighted by Crippen LogP contribution is -2.03. The van der Waals surface area contributed by atoms with Gasteiger partial charge in [-0.15, -0.1) is 0 Å². The minimum atomic E-state index is 0.592. The zero-order valence-corrected chi connectivity index (χ0v) is 13.1. The third-order valence-corrected chi connectivity index (χ3v) is 3.64. The molecule has 0 atom stereocenters. The Labute approximate surface area is 122 Å². The summed E-state index contributed by atoms with van der Waals surface area (Å²) in [6, 6.07) is 3.82. The number of aldehydes is 2. The molecule has 0 aliphatic heterocycles. The first kappa shape index (κ1) is 16.6. The molecule has 0 aromatic heterocycles. The van der Waals surface area contributed by atoms with E-state index in [1.54, 1.807) is 0 Å². The number of carbonyl (C=O) groups is 2. The topological polar surface area (TPSA) is 34.1 Å². The highest BCUT2D eigenvalue weighted by Gasteiger charge is 2.10. The molecule has 0 unspecified atom stereocenters. The minimum Gasteiger partial charge on any atom is -0.298 e. The monoisotopic (exact) mass is 274 g/mol. The summed E-state index contributed by atoms with van der Waals surface area (Å²) in [5, 5.41) is 0. The van der Waals surface area contributed by atoms with Gasteiger partial charge in [0.15, 0.2) is 0 Å². The maximum absolute atomic E-state index is 11.3. The molecule has 0 heterocycles. The highest BCUT2D eigenvalue weighted by molar-refractivity contribution is 5.83. The SMILES string of the molecule is CC(C)CCc1cc(C=O)c(CCC(C)C)cc1C=O. The van der Waals surface area contributed by atoms with Crippen LogP contribution in [0.25, 0.3) is 0 Å². The van der Waals surface area contributed by atoms with Crippen molar-refractivity contribution in [3.63, 3.8) is 0 Å². The van der Waals surface area contributed by atoms with Crippen molar-refractivity contribution in [3.8, 4) is 0 Å². The van der Waals surface area contributed by atoms with Gasteiger partial charge in [0.1, 0.15) is 12.6 Å². The van der Waals surface area contributed by atoms with Gasteiger partial charge in [-0.3, -0.25) is 9.59 Å². The lowest BCUT2D eigenvalue weighted by atomic mass is 9.91. The Morgan fingerprint density at radius 1 is 0.800 bits per heavy atom. The van der Waals surface area contributed by atoms with Gasteiger partial charge in [-0.1, -0.05) is 27.7 Å². The number of hydrogen-bond donors (Lipinski definition) is 0. The second-order valence-electron chi connectivity index (χ2n) is 6.35. The van der Waals surface area contributed by atoms with Crippen molar-refractivity contribution in [2.75, 3.05) is 0 Å². The molecular formula is C18H26O2. The van der Waals surface area contributed by atoms with Crippen LogP contribution in [0.2, 0.25) is 0 Å². The van der Waals surface area contributed by atoms with E-state index in [2.05, 4.69) is 27.7 Å². The number of rotatable bonds is 8. The van der Waals surface area contributed by atoms with Gasteiger partial charge < -0.3 is 0 Å². The Balaban J connectivity index is 3.03. The Morgan fingerprint density at radius 2 is 1.15 bits per heavy atom. The van der Waals surface area contributed by atoms with Crippen molar-refractivity contribution in [1.29, 1.82) is 0 Å².